The first-order valence-electron chi connectivity index (χ1n) is 6.64. The molecule has 0 radical (unpaired) electrons. The van der Waals surface area contributed by atoms with Crippen molar-refractivity contribution in [2.45, 2.75) is 39.4 Å². The minimum atomic E-state index is -0.127. The average Bonchev–Trinajstić information content (AvgIpc) is 2.84. The molecule has 1 fully saturated rings. The van der Waals surface area contributed by atoms with Crippen LogP contribution < -0.4 is 0 Å². The summed E-state index contributed by atoms with van der Waals surface area (Å²) in [5.74, 6) is 0.371. The molecule has 0 bridgehead atoms. The number of hydrogen-bond donors (Lipinski definition) is 1. The van der Waals surface area contributed by atoms with E-state index in [1.165, 1.54) is 0 Å². The van der Waals surface area contributed by atoms with Crippen LogP contribution in [0.2, 0.25) is 0 Å². The van der Waals surface area contributed by atoms with E-state index >= 15 is 0 Å². The van der Waals surface area contributed by atoms with Gasteiger partial charge in [0.2, 0.25) is 0 Å². The molecule has 2 aliphatic rings. The Morgan fingerprint density at radius 1 is 1.44 bits per heavy atom. The molecule has 0 spiro atoms. The highest BCUT2D eigenvalue weighted by atomic mass is 16.7. The molecule has 2 atom stereocenters. The van der Waals surface area contributed by atoms with Gasteiger partial charge in [-0.15, -0.1) is 0 Å². The fourth-order valence-electron chi connectivity index (χ4n) is 2.89. The van der Waals surface area contributed by atoms with Crippen molar-refractivity contribution in [3.05, 3.63) is 11.6 Å². The van der Waals surface area contributed by atoms with Crippen LogP contribution in [0.5, 0.6) is 0 Å². The van der Waals surface area contributed by atoms with Gasteiger partial charge >= 0.3 is 0 Å². The summed E-state index contributed by atoms with van der Waals surface area (Å²) in [4.78, 5) is 11.6. The van der Waals surface area contributed by atoms with E-state index in [9.17, 15) is 9.90 Å². The van der Waals surface area contributed by atoms with Crippen molar-refractivity contribution in [2.75, 3.05) is 19.8 Å². The molecule has 1 aliphatic heterocycles. The summed E-state index contributed by atoms with van der Waals surface area (Å²) in [5, 5.41) is 9.47. The van der Waals surface area contributed by atoms with Gasteiger partial charge < -0.3 is 14.6 Å². The lowest BCUT2D eigenvalue weighted by Gasteiger charge is -2.40. The molecule has 0 aromatic heterocycles. The van der Waals surface area contributed by atoms with Crippen LogP contribution in [0.25, 0.3) is 0 Å². The Hall–Kier alpha value is -0.710. The largest absolute Gasteiger partial charge is 0.392 e. The maximum Gasteiger partial charge on any atom is 0.157 e. The molecular formula is C14H22O4. The molecule has 1 heterocycles. The molecule has 1 saturated heterocycles. The van der Waals surface area contributed by atoms with Crippen molar-refractivity contribution in [2.24, 2.45) is 11.3 Å². The standard InChI is InChI=1S/C14H22O4/c1-10-7-12(16)8-11(9-15)14(10,2)4-3-13-17-5-6-18-13/h8,10,13,15H,3-7,9H2,1-2H3/t10-,14+/m1/s1. The van der Waals surface area contributed by atoms with E-state index in [2.05, 4.69) is 13.8 Å². The SMILES string of the molecule is C[C@@H]1CC(=O)C=C(CO)[C@@]1(C)CCC1OCCO1. The fraction of sp³-hybridized carbons (Fsp3) is 0.786. The molecule has 0 amide bonds. The highest BCUT2D eigenvalue weighted by Crippen LogP contribution is 2.44. The van der Waals surface area contributed by atoms with Gasteiger partial charge in [-0.2, -0.15) is 0 Å². The first-order chi connectivity index (χ1) is 8.56. The zero-order valence-electron chi connectivity index (χ0n) is 11.1. The lowest BCUT2D eigenvalue weighted by Crippen LogP contribution is -2.35. The zero-order chi connectivity index (χ0) is 13.2. The average molecular weight is 254 g/mol. The Balaban J connectivity index is 2.05. The topological polar surface area (TPSA) is 55.8 Å². The monoisotopic (exact) mass is 254 g/mol. The van der Waals surface area contributed by atoms with Crippen molar-refractivity contribution < 1.29 is 19.4 Å². The van der Waals surface area contributed by atoms with Crippen molar-refractivity contribution in [1.82, 2.24) is 0 Å². The normalized spacial score (nSPS) is 33.8. The van der Waals surface area contributed by atoms with Gasteiger partial charge in [0.05, 0.1) is 19.8 Å². The van der Waals surface area contributed by atoms with Crippen LogP contribution in [-0.4, -0.2) is 37.0 Å². The lowest BCUT2D eigenvalue weighted by atomic mass is 9.64. The number of allylic oxidation sites excluding steroid dienone is 1. The summed E-state index contributed by atoms with van der Waals surface area (Å²) in [6, 6.07) is 0. The highest BCUT2D eigenvalue weighted by Gasteiger charge is 2.39. The summed E-state index contributed by atoms with van der Waals surface area (Å²) < 4.78 is 10.9. The molecule has 0 unspecified atom stereocenters. The number of ether oxygens (including phenoxy) is 2. The Morgan fingerprint density at radius 3 is 2.72 bits per heavy atom. The van der Waals surface area contributed by atoms with E-state index in [4.69, 9.17) is 9.47 Å². The van der Waals surface area contributed by atoms with Crippen LogP contribution in [0.15, 0.2) is 11.6 Å². The zero-order valence-corrected chi connectivity index (χ0v) is 11.1. The molecule has 0 aromatic carbocycles. The van der Waals surface area contributed by atoms with Crippen LogP contribution in [0.1, 0.15) is 33.1 Å². The third-order valence-corrected chi connectivity index (χ3v) is 4.42. The minimum absolute atomic E-state index is 0.0427. The number of hydrogen-bond acceptors (Lipinski definition) is 4. The lowest BCUT2D eigenvalue weighted by molar-refractivity contribution is -0.117. The van der Waals surface area contributed by atoms with Gasteiger partial charge in [0.25, 0.3) is 0 Å². The number of ketones is 1. The highest BCUT2D eigenvalue weighted by molar-refractivity contribution is 5.91. The molecule has 2 rings (SSSR count). The van der Waals surface area contributed by atoms with E-state index in [-0.39, 0.29) is 30.0 Å². The van der Waals surface area contributed by atoms with Crippen molar-refractivity contribution in [3.8, 4) is 0 Å². The van der Waals surface area contributed by atoms with Crippen molar-refractivity contribution in [3.63, 3.8) is 0 Å². The van der Waals surface area contributed by atoms with Gasteiger partial charge in [-0.3, -0.25) is 4.79 Å². The summed E-state index contributed by atoms with van der Waals surface area (Å²) in [6.45, 7) is 5.49. The second-order valence-corrected chi connectivity index (χ2v) is 5.53. The predicted molar refractivity (Wildman–Crippen MR) is 67.0 cm³/mol. The molecule has 102 valence electrons. The molecule has 4 heteroatoms. The maximum absolute atomic E-state index is 11.6. The van der Waals surface area contributed by atoms with E-state index in [1.807, 2.05) is 0 Å². The van der Waals surface area contributed by atoms with E-state index in [0.29, 0.717) is 19.6 Å². The van der Waals surface area contributed by atoms with Crippen molar-refractivity contribution >= 4 is 5.78 Å². The second-order valence-electron chi connectivity index (χ2n) is 5.53. The fourth-order valence-corrected chi connectivity index (χ4v) is 2.89. The van der Waals surface area contributed by atoms with Crippen LogP contribution in [0.4, 0.5) is 0 Å². The number of rotatable bonds is 4. The van der Waals surface area contributed by atoms with Crippen LogP contribution in [0, 0.1) is 11.3 Å². The van der Waals surface area contributed by atoms with Crippen LogP contribution in [-0.2, 0) is 14.3 Å². The number of carbonyl (C=O) groups excluding carboxylic acids is 1. The Kier molecular flexibility index (Phi) is 4.20. The van der Waals surface area contributed by atoms with Gasteiger partial charge in [0.1, 0.15) is 0 Å². The predicted octanol–water partition coefficient (Wildman–Crippen LogP) is 1.67. The van der Waals surface area contributed by atoms with Gasteiger partial charge in [0, 0.05) is 6.42 Å². The molecule has 18 heavy (non-hydrogen) atoms. The number of carbonyl (C=O) groups is 1. The third kappa shape index (κ3) is 2.66. The number of aliphatic hydroxyl groups excluding tert-OH is 1. The summed E-state index contributed by atoms with van der Waals surface area (Å²) in [5.41, 5.74) is 0.724. The molecule has 0 saturated carbocycles. The molecular weight excluding hydrogens is 232 g/mol. The Morgan fingerprint density at radius 2 is 2.11 bits per heavy atom. The molecule has 4 nitrogen and oxygen atoms in total. The minimum Gasteiger partial charge on any atom is -0.392 e. The van der Waals surface area contributed by atoms with Gasteiger partial charge in [-0.1, -0.05) is 13.8 Å². The van der Waals surface area contributed by atoms with Gasteiger partial charge in [0.15, 0.2) is 12.1 Å². The van der Waals surface area contributed by atoms with Gasteiger partial charge in [-0.05, 0) is 35.8 Å². The van der Waals surface area contributed by atoms with E-state index < -0.39 is 0 Å². The van der Waals surface area contributed by atoms with Crippen LogP contribution in [0.3, 0.4) is 0 Å². The summed E-state index contributed by atoms with van der Waals surface area (Å²) in [6.07, 6.45) is 3.75. The quantitative estimate of drug-likeness (QED) is 0.829. The first-order valence-corrected chi connectivity index (χ1v) is 6.64. The molecule has 1 aliphatic carbocycles. The second kappa shape index (κ2) is 5.51. The Bertz CT molecular complexity index is 344. The Labute approximate surface area is 108 Å². The van der Waals surface area contributed by atoms with E-state index in [1.54, 1.807) is 6.08 Å². The molecule has 1 N–H and O–H groups in total. The first kappa shape index (κ1) is 13.7. The summed E-state index contributed by atoms with van der Waals surface area (Å²) >= 11 is 0. The smallest absolute Gasteiger partial charge is 0.157 e. The third-order valence-electron chi connectivity index (χ3n) is 4.42. The maximum atomic E-state index is 11.6. The summed E-state index contributed by atoms with van der Waals surface area (Å²) in [7, 11) is 0. The van der Waals surface area contributed by atoms with Crippen LogP contribution >= 0.6 is 0 Å². The van der Waals surface area contributed by atoms with E-state index in [0.717, 1.165) is 18.4 Å². The number of aliphatic hydroxyl groups is 1. The molecule has 0 aromatic rings. The van der Waals surface area contributed by atoms with Crippen molar-refractivity contribution in [1.29, 1.82) is 0 Å². The van der Waals surface area contributed by atoms with Gasteiger partial charge in [-0.25, -0.2) is 0 Å².